The fourth-order valence-electron chi connectivity index (χ4n) is 3.52. The van der Waals surface area contributed by atoms with E-state index in [1.165, 1.54) is 13.2 Å². The highest BCUT2D eigenvalue weighted by molar-refractivity contribution is 6.30. The summed E-state index contributed by atoms with van der Waals surface area (Å²) in [6.45, 7) is 0.322. The second-order valence-electron chi connectivity index (χ2n) is 7.48. The van der Waals surface area contributed by atoms with E-state index in [9.17, 15) is 10.1 Å². The molecule has 0 radical (unpaired) electrons. The summed E-state index contributed by atoms with van der Waals surface area (Å²) in [5, 5.41) is 15.0. The molecule has 0 unspecified atom stereocenters. The van der Waals surface area contributed by atoms with Crippen LogP contribution in [0, 0.1) is 11.3 Å². The lowest BCUT2D eigenvalue weighted by atomic mass is 10.1. The highest BCUT2D eigenvalue weighted by Gasteiger charge is 2.13. The molecule has 1 N–H and O–H groups in total. The van der Waals surface area contributed by atoms with E-state index < -0.39 is 5.91 Å². The molecule has 4 rings (SSSR count). The van der Waals surface area contributed by atoms with Crippen molar-refractivity contribution in [2.45, 2.75) is 6.61 Å². The summed E-state index contributed by atoms with van der Waals surface area (Å²) in [6, 6.07) is 28.0. The standard InChI is InChI=1S/C28H21ClN2O3/c1-33-27-16-19(12-13-26(27)34-18-20-6-4-9-23(29)15-20)14-22(17-30)28(32)31-25-11-5-8-21-7-2-3-10-24(21)25/h2-16H,18H2,1H3,(H,31,32)/b22-14+. The number of fused-ring (bicyclic) bond motifs is 1. The van der Waals surface area contributed by atoms with Crippen LogP contribution in [0.25, 0.3) is 16.8 Å². The molecule has 0 heterocycles. The van der Waals surface area contributed by atoms with Gasteiger partial charge >= 0.3 is 0 Å². The fraction of sp³-hybridized carbons (Fsp3) is 0.0714. The fourth-order valence-corrected chi connectivity index (χ4v) is 3.73. The minimum Gasteiger partial charge on any atom is -0.493 e. The number of anilines is 1. The third-order valence-corrected chi connectivity index (χ3v) is 5.42. The van der Waals surface area contributed by atoms with Crippen molar-refractivity contribution in [2.24, 2.45) is 0 Å². The molecule has 168 valence electrons. The lowest BCUT2D eigenvalue weighted by Gasteiger charge is -2.12. The molecule has 0 atom stereocenters. The summed E-state index contributed by atoms with van der Waals surface area (Å²) in [5.41, 5.74) is 2.18. The smallest absolute Gasteiger partial charge is 0.266 e. The summed E-state index contributed by atoms with van der Waals surface area (Å²) in [5.74, 6) is 0.542. The number of nitrogens with zero attached hydrogens (tertiary/aromatic N) is 1. The number of carbonyl (C=O) groups excluding carboxylic acids is 1. The summed E-state index contributed by atoms with van der Waals surface area (Å²) in [6.07, 6.45) is 1.52. The van der Waals surface area contributed by atoms with E-state index in [4.69, 9.17) is 21.1 Å². The molecule has 0 spiro atoms. The minimum atomic E-state index is -0.487. The van der Waals surface area contributed by atoms with Crippen molar-refractivity contribution in [3.05, 3.63) is 107 Å². The SMILES string of the molecule is COc1cc(/C=C(\C#N)C(=O)Nc2cccc3ccccc23)ccc1OCc1cccc(Cl)c1. The van der Waals surface area contributed by atoms with Gasteiger partial charge in [-0.1, -0.05) is 66.2 Å². The molecule has 0 aliphatic carbocycles. The monoisotopic (exact) mass is 468 g/mol. The second-order valence-corrected chi connectivity index (χ2v) is 7.92. The lowest BCUT2D eigenvalue weighted by molar-refractivity contribution is -0.112. The zero-order chi connectivity index (χ0) is 23.9. The first kappa shape index (κ1) is 22.9. The Balaban J connectivity index is 1.53. The van der Waals surface area contributed by atoms with E-state index in [-0.39, 0.29) is 5.57 Å². The Morgan fingerprint density at radius 1 is 1.00 bits per heavy atom. The van der Waals surface area contributed by atoms with Gasteiger partial charge in [-0.15, -0.1) is 0 Å². The number of nitriles is 1. The van der Waals surface area contributed by atoms with Crippen LogP contribution in [0.5, 0.6) is 11.5 Å². The summed E-state index contributed by atoms with van der Waals surface area (Å²) in [7, 11) is 1.54. The normalized spacial score (nSPS) is 11.0. The maximum atomic E-state index is 12.8. The molecular formula is C28H21ClN2O3. The molecule has 4 aromatic carbocycles. The van der Waals surface area contributed by atoms with Gasteiger partial charge in [-0.05, 0) is 52.9 Å². The number of amides is 1. The van der Waals surface area contributed by atoms with E-state index in [1.807, 2.05) is 66.7 Å². The Labute approximate surface area is 202 Å². The third-order valence-electron chi connectivity index (χ3n) is 5.18. The molecule has 5 nitrogen and oxygen atoms in total. The highest BCUT2D eigenvalue weighted by atomic mass is 35.5. The number of carbonyl (C=O) groups is 1. The van der Waals surface area contributed by atoms with Crippen LogP contribution in [0.2, 0.25) is 5.02 Å². The summed E-state index contributed by atoms with van der Waals surface area (Å²) >= 11 is 6.03. The topological polar surface area (TPSA) is 71.3 Å². The second kappa shape index (κ2) is 10.6. The number of ether oxygens (including phenoxy) is 2. The Hall–Kier alpha value is -4.27. The molecule has 6 heteroatoms. The molecule has 0 fully saturated rings. The van der Waals surface area contributed by atoms with E-state index in [1.54, 1.807) is 24.3 Å². The number of nitrogens with one attached hydrogen (secondary N) is 1. The van der Waals surface area contributed by atoms with Crippen LogP contribution in [0.3, 0.4) is 0 Å². The van der Waals surface area contributed by atoms with E-state index in [0.717, 1.165) is 16.3 Å². The molecule has 34 heavy (non-hydrogen) atoms. The van der Waals surface area contributed by atoms with Crippen molar-refractivity contribution in [2.75, 3.05) is 12.4 Å². The Bertz CT molecular complexity index is 1420. The van der Waals surface area contributed by atoms with Crippen LogP contribution in [-0.2, 0) is 11.4 Å². The number of benzene rings is 4. The maximum absolute atomic E-state index is 12.8. The predicted molar refractivity (Wildman–Crippen MR) is 135 cm³/mol. The quantitative estimate of drug-likeness (QED) is 0.244. The maximum Gasteiger partial charge on any atom is 0.266 e. The largest absolute Gasteiger partial charge is 0.493 e. The van der Waals surface area contributed by atoms with Gasteiger partial charge in [0, 0.05) is 16.1 Å². The Morgan fingerprint density at radius 2 is 1.79 bits per heavy atom. The van der Waals surface area contributed by atoms with Gasteiger partial charge in [0.05, 0.1) is 7.11 Å². The number of rotatable bonds is 7. The van der Waals surface area contributed by atoms with E-state index in [2.05, 4.69) is 5.32 Å². The average molecular weight is 469 g/mol. The molecule has 4 aromatic rings. The Morgan fingerprint density at radius 3 is 2.59 bits per heavy atom. The molecular weight excluding hydrogens is 448 g/mol. The van der Waals surface area contributed by atoms with Crippen molar-refractivity contribution in [1.82, 2.24) is 0 Å². The van der Waals surface area contributed by atoms with Crippen LogP contribution in [0.1, 0.15) is 11.1 Å². The van der Waals surface area contributed by atoms with Gasteiger partial charge in [0.1, 0.15) is 18.2 Å². The predicted octanol–water partition coefficient (Wildman–Crippen LogP) is 6.63. The van der Waals surface area contributed by atoms with E-state index in [0.29, 0.717) is 34.4 Å². The molecule has 1 amide bonds. The van der Waals surface area contributed by atoms with Gasteiger partial charge in [0.15, 0.2) is 11.5 Å². The van der Waals surface area contributed by atoms with E-state index >= 15 is 0 Å². The third kappa shape index (κ3) is 5.37. The van der Waals surface area contributed by atoms with Gasteiger partial charge < -0.3 is 14.8 Å². The molecule has 0 bridgehead atoms. The zero-order valence-corrected chi connectivity index (χ0v) is 19.2. The molecule has 0 aliphatic heterocycles. The highest BCUT2D eigenvalue weighted by Crippen LogP contribution is 2.30. The number of hydrogen-bond acceptors (Lipinski definition) is 4. The van der Waals surface area contributed by atoms with Gasteiger partial charge in [-0.3, -0.25) is 4.79 Å². The van der Waals surface area contributed by atoms with Crippen molar-refractivity contribution < 1.29 is 14.3 Å². The van der Waals surface area contributed by atoms with Crippen molar-refractivity contribution in [3.8, 4) is 17.6 Å². The summed E-state index contributed by atoms with van der Waals surface area (Å²) < 4.78 is 11.3. The lowest BCUT2D eigenvalue weighted by Crippen LogP contribution is -2.13. The van der Waals surface area contributed by atoms with Crippen LogP contribution in [0.15, 0.2) is 90.5 Å². The van der Waals surface area contributed by atoms with Gasteiger partial charge in [0.2, 0.25) is 0 Å². The van der Waals surface area contributed by atoms with Gasteiger partial charge in [-0.25, -0.2) is 0 Å². The zero-order valence-electron chi connectivity index (χ0n) is 18.4. The average Bonchev–Trinajstić information content (AvgIpc) is 2.86. The number of methoxy groups -OCH3 is 1. The van der Waals surface area contributed by atoms with Crippen LogP contribution < -0.4 is 14.8 Å². The van der Waals surface area contributed by atoms with Gasteiger partial charge in [-0.2, -0.15) is 5.26 Å². The molecule has 0 aliphatic rings. The van der Waals surface area contributed by atoms with Gasteiger partial charge in [0.25, 0.3) is 5.91 Å². The summed E-state index contributed by atoms with van der Waals surface area (Å²) in [4.78, 5) is 12.8. The van der Waals surface area contributed by atoms with Crippen molar-refractivity contribution in [3.63, 3.8) is 0 Å². The van der Waals surface area contributed by atoms with Crippen LogP contribution in [0.4, 0.5) is 5.69 Å². The van der Waals surface area contributed by atoms with Crippen LogP contribution >= 0.6 is 11.6 Å². The number of hydrogen-bond donors (Lipinski definition) is 1. The minimum absolute atomic E-state index is 0.0254. The Kier molecular flexibility index (Phi) is 7.12. The van der Waals surface area contributed by atoms with Crippen LogP contribution in [-0.4, -0.2) is 13.0 Å². The first-order valence-electron chi connectivity index (χ1n) is 10.5. The van der Waals surface area contributed by atoms with Crippen molar-refractivity contribution >= 4 is 40.0 Å². The molecule has 0 saturated carbocycles. The first-order valence-corrected chi connectivity index (χ1v) is 10.9. The molecule has 0 aromatic heterocycles. The molecule has 0 saturated heterocycles. The first-order chi connectivity index (χ1) is 16.6. The van der Waals surface area contributed by atoms with Crippen molar-refractivity contribution in [1.29, 1.82) is 5.26 Å². The number of halogens is 1.